The van der Waals surface area contributed by atoms with E-state index in [2.05, 4.69) is 5.32 Å². The lowest BCUT2D eigenvalue weighted by molar-refractivity contribution is 0.168. The van der Waals surface area contributed by atoms with Crippen LogP contribution in [0.15, 0.2) is 0 Å². The van der Waals surface area contributed by atoms with E-state index in [1.54, 1.807) is 0 Å². The van der Waals surface area contributed by atoms with Gasteiger partial charge in [0.1, 0.15) is 0 Å². The van der Waals surface area contributed by atoms with Gasteiger partial charge in [-0.1, -0.05) is 13.8 Å². The van der Waals surface area contributed by atoms with Gasteiger partial charge in [0.25, 0.3) is 0 Å². The zero-order valence-corrected chi connectivity index (χ0v) is 7.06. The molecule has 1 atom stereocenters. The van der Waals surface area contributed by atoms with E-state index in [0.29, 0.717) is 0 Å². The second-order valence-corrected chi connectivity index (χ2v) is 2.35. The number of β-amino-alcohol motifs (C(OH)–C–C–N with tert-alkyl or cyclic N) is 1. The number of aliphatic hydroxyl groups is 1. The van der Waals surface area contributed by atoms with Gasteiger partial charge in [-0.2, -0.15) is 0 Å². The summed E-state index contributed by atoms with van der Waals surface area (Å²) in [4.78, 5) is 0. The van der Waals surface area contributed by atoms with Gasteiger partial charge in [-0.05, 0) is 25.8 Å². The highest BCUT2D eigenvalue weighted by Crippen LogP contribution is 2.02. The second-order valence-electron chi connectivity index (χ2n) is 2.35. The molecule has 0 saturated carbocycles. The number of rotatable bonds is 0. The van der Waals surface area contributed by atoms with Crippen molar-refractivity contribution in [1.29, 1.82) is 0 Å². The maximum Gasteiger partial charge on any atom is 0.0664 e. The monoisotopic (exact) mass is 145 g/mol. The van der Waals surface area contributed by atoms with Crippen molar-refractivity contribution in [3.05, 3.63) is 0 Å². The molecule has 0 aliphatic carbocycles. The summed E-state index contributed by atoms with van der Waals surface area (Å²) in [5.41, 5.74) is 0. The standard InChI is InChI=1S/C6H13NO.C2H6/c8-6-3-1-2-4-7-5-6;1-2/h6-8H,1-5H2;1-2H3. The minimum Gasteiger partial charge on any atom is -0.392 e. The van der Waals surface area contributed by atoms with E-state index in [-0.39, 0.29) is 6.10 Å². The predicted octanol–water partition coefficient (Wildman–Crippen LogP) is 1.15. The number of hydrogen-bond donors (Lipinski definition) is 2. The van der Waals surface area contributed by atoms with E-state index in [0.717, 1.165) is 19.5 Å². The van der Waals surface area contributed by atoms with Gasteiger partial charge in [-0.15, -0.1) is 0 Å². The number of nitrogens with one attached hydrogen (secondary N) is 1. The minimum atomic E-state index is -0.0856. The van der Waals surface area contributed by atoms with Crippen LogP contribution in [0.3, 0.4) is 0 Å². The molecule has 1 heterocycles. The lowest BCUT2D eigenvalue weighted by Crippen LogP contribution is -2.23. The molecule has 1 saturated heterocycles. The minimum absolute atomic E-state index is 0.0856. The van der Waals surface area contributed by atoms with Crippen LogP contribution in [0.25, 0.3) is 0 Å². The normalized spacial score (nSPS) is 26.1. The Hall–Kier alpha value is -0.0800. The fraction of sp³-hybridized carbons (Fsp3) is 1.00. The quantitative estimate of drug-likeness (QED) is 0.536. The Bertz CT molecular complexity index is 58.3. The van der Waals surface area contributed by atoms with Crippen LogP contribution in [0.1, 0.15) is 33.1 Å². The third-order valence-corrected chi connectivity index (χ3v) is 1.52. The molecule has 0 amide bonds. The summed E-state index contributed by atoms with van der Waals surface area (Å²) >= 11 is 0. The van der Waals surface area contributed by atoms with E-state index < -0.39 is 0 Å². The SMILES string of the molecule is CC.OC1CCCCNC1. The molecule has 10 heavy (non-hydrogen) atoms. The third-order valence-electron chi connectivity index (χ3n) is 1.52. The molecule has 0 spiro atoms. The van der Waals surface area contributed by atoms with Gasteiger partial charge in [-0.3, -0.25) is 0 Å². The lowest BCUT2D eigenvalue weighted by atomic mass is 10.2. The maximum atomic E-state index is 9.03. The first kappa shape index (κ1) is 9.92. The number of aliphatic hydroxyl groups excluding tert-OH is 1. The molecule has 0 aromatic carbocycles. The zero-order valence-electron chi connectivity index (χ0n) is 7.06. The summed E-state index contributed by atoms with van der Waals surface area (Å²) in [6.07, 6.45) is 3.29. The van der Waals surface area contributed by atoms with Crippen LogP contribution in [0, 0.1) is 0 Å². The van der Waals surface area contributed by atoms with Crippen LogP contribution in [0.5, 0.6) is 0 Å². The Morgan fingerprint density at radius 3 is 2.70 bits per heavy atom. The van der Waals surface area contributed by atoms with Crippen molar-refractivity contribution in [2.24, 2.45) is 0 Å². The Morgan fingerprint density at radius 2 is 2.00 bits per heavy atom. The Labute approximate surface area is 63.6 Å². The van der Waals surface area contributed by atoms with Gasteiger partial charge in [0, 0.05) is 6.54 Å². The van der Waals surface area contributed by atoms with Gasteiger partial charge in [0.05, 0.1) is 6.10 Å². The van der Waals surface area contributed by atoms with Crippen molar-refractivity contribution in [1.82, 2.24) is 5.32 Å². The topological polar surface area (TPSA) is 32.3 Å². The first-order valence-corrected chi connectivity index (χ1v) is 4.28. The van der Waals surface area contributed by atoms with Crippen molar-refractivity contribution >= 4 is 0 Å². The molecule has 62 valence electrons. The largest absolute Gasteiger partial charge is 0.392 e. The van der Waals surface area contributed by atoms with Gasteiger partial charge in [-0.25, -0.2) is 0 Å². The molecule has 1 aliphatic heterocycles. The van der Waals surface area contributed by atoms with Gasteiger partial charge < -0.3 is 10.4 Å². The fourth-order valence-corrected chi connectivity index (χ4v) is 1.00. The molecule has 2 N–H and O–H groups in total. The first-order chi connectivity index (χ1) is 4.89. The summed E-state index contributed by atoms with van der Waals surface area (Å²) in [5.74, 6) is 0. The lowest BCUT2D eigenvalue weighted by Gasteiger charge is -2.03. The fourth-order valence-electron chi connectivity index (χ4n) is 1.00. The molecule has 2 nitrogen and oxygen atoms in total. The third kappa shape index (κ3) is 4.77. The first-order valence-electron chi connectivity index (χ1n) is 4.28. The molecule has 2 heteroatoms. The molecule has 0 radical (unpaired) electrons. The Morgan fingerprint density at radius 1 is 1.30 bits per heavy atom. The smallest absolute Gasteiger partial charge is 0.0664 e. The molecule has 1 aliphatic rings. The summed E-state index contributed by atoms with van der Waals surface area (Å²) < 4.78 is 0. The summed E-state index contributed by atoms with van der Waals surface area (Å²) in [6.45, 7) is 5.87. The number of hydrogen-bond acceptors (Lipinski definition) is 2. The maximum absolute atomic E-state index is 9.03. The average molecular weight is 145 g/mol. The van der Waals surface area contributed by atoms with E-state index in [9.17, 15) is 0 Å². The van der Waals surface area contributed by atoms with Crippen LogP contribution in [0.4, 0.5) is 0 Å². The van der Waals surface area contributed by atoms with Gasteiger partial charge in [0.2, 0.25) is 0 Å². The Kier molecular flexibility index (Phi) is 6.98. The predicted molar refractivity (Wildman–Crippen MR) is 44.1 cm³/mol. The highest BCUT2D eigenvalue weighted by atomic mass is 16.3. The second kappa shape index (κ2) is 7.03. The van der Waals surface area contributed by atoms with Crippen molar-refractivity contribution in [3.63, 3.8) is 0 Å². The van der Waals surface area contributed by atoms with E-state index in [1.165, 1.54) is 12.8 Å². The molecule has 1 fully saturated rings. The molecule has 0 bridgehead atoms. The molecule has 1 rings (SSSR count). The molecule has 0 aromatic rings. The molecular formula is C8H19NO. The highest BCUT2D eigenvalue weighted by Gasteiger charge is 2.05. The van der Waals surface area contributed by atoms with Gasteiger partial charge >= 0.3 is 0 Å². The zero-order chi connectivity index (χ0) is 7.82. The van der Waals surface area contributed by atoms with Crippen LogP contribution in [-0.2, 0) is 0 Å². The van der Waals surface area contributed by atoms with Crippen LogP contribution in [0.2, 0.25) is 0 Å². The van der Waals surface area contributed by atoms with Crippen molar-refractivity contribution in [2.75, 3.05) is 13.1 Å². The van der Waals surface area contributed by atoms with E-state index >= 15 is 0 Å². The Balaban J connectivity index is 0.000000371. The highest BCUT2D eigenvalue weighted by molar-refractivity contribution is 4.64. The van der Waals surface area contributed by atoms with Crippen LogP contribution < -0.4 is 5.32 Å². The van der Waals surface area contributed by atoms with E-state index in [4.69, 9.17) is 5.11 Å². The van der Waals surface area contributed by atoms with Crippen LogP contribution >= 0.6 is 0 Å². The molecule has 0 aromatic heterocycles. The van der Waals surface area contributed by atoms with Crippen molar-refractivity contribution in [3.8, 4) is 0 Å². The van der Waals surface area contributed by atoms with Crippen molar-refractivity contribution < 1.29 is 5.11 Å². The summed E-state index contributed by atoms with van der Waals surface area (Å²) in [6, 6.07) is 0. The summed E-state index contributed by atoms with van der Waals surface area (Å²) in [7, 11) is 0. The van der Waals surface area contributed by atoms with Crippen LogP contribution in [-0.4, -0.2) is 24.3 Å². The molecule has 1 unspecified atom stereocenters. The van der Waals surface area contributed by atoms with Crippen molar-refractivity contribution in [2.45, 2.75) is 39.2 Å². The van der Waals surface area contributed by atoms with E-state index in [1.807, 2.05) is 13.8 Å². The molecular weight excluding hydrogens is 126 g/mol. The van der Waals surface area contributed by atoms with Gasteiger partial charge in [0.15, 0.2) is 0 Å². The summed E-state index contributed by atoms with van der Waals surface area (Å²) in [5, 5.41) is 12.2. The average Bonchev–Trinajstić information content (AvgIpc) is 2.21.